The van der Waals surface area contributed by atoms with Crippen LogP contribution in [0.3, 0.4) is 0 Å². The Hall–Kier alpha value is -2.06. The summed E-state index contributed by atoms with van der Waals surface area (Å²) in [7, 11) is 0. The Morgan fingerprint density at radius 3 is 2.86 bits per heavy atom. The third kappa shape index (κ3) is 2.81. The molecule has 4 aliphatic heterocycles. The first kappa shape index (κ1) is 18.0. The Morgan fingerprint density at radius 2 is 2.11 bits per heavy atom. The standard InChI is InChI=1S/C22H23IN3O2/c1-13-21-15(3)26-18-9-19(23-18)28-20(26)12-25(21)11-17(22(13)27)14(2)24-10-16-7-5-4-6-8-16/h4-8,11,18-20,24H,2-3,9-10,12H2,1H3/q-1. The van der Waals surface area contributed by atoms with Crippen molar-refractivity contribution in [3.05, 3.63) is 82.3 Å². The van der Waals surface area contributed by atoms with Gasteiger partial charge in [0.1, 0.15) is 0 Å². The summed E-state index contributed by atoms with van der Waals surface area (Å²) >= 11 is 0.0544. The quantitative estimate of drug-likeness (QED) is 0.365. The molecule has 0 aliphatic carbocycles. The van der Waals surface area contributed by atoms with Gasteiger partial charge in [-0.3, -0.25) is 0 Å². The molecule has 2 aromatic rings. The average molecular weight is 488 g/mol. The van der Waals surface area contributed by atoms with E-state index in [0.29, 0.717) is 26.0 Å². The van der Waals surface area contributed by atoms with Crippen LogP contribution in [0.4, 0.5) is 0 Å². The number of alkyl halides is 2. The zero-order valence-corrected chi connectivity index (χ0v) is 18.0. The second-order valence-electron chi connectivity index (χ2n) is 7.47. The molecule has 3 saturated heterocycles. The van der Waals surface area contributed by atoms with Crippen LogP contribution in [0.2, 0.25) is 0 Å². The van der Waals surface area contributed by atoms with Crippen molar-refractivity contribution in [1.29, 1.82) is 0 Å². The van der Waals surface area contributed by atoms with Gasteiger partial charge in [0.25, 0.3) is 0 Å². The van der Waals surface area contributed by atoms with Gasteiger partial charge in [-0.1, -0.05) is 18.2 Å². The third-order valence-corrected chi connectivity index (χ3v) is 9.25. The van der Waals surface area contributed by atoms with Crippen LogP contribution in [0.5, 0.6) is 0 Å². The van der Waals surface area contributed by atoms with Crippen molar-refractivity contribution in [3.63, 3.8) is 0 Å². The molecule has 0 spiro atoms. The van der Waals surface area contributed by atoms with E-state index in [1.54, 1.807) is 0 Å². The number of fused-ring (bicyclic) bond motifs is 1. The Kier molecular flexibility index (Phi) is 4.35. The van der Waals surface area contributed by atoms with Crippen molar-refractivity contribution < 1.29 is 25.9 Å². The van der Waals surface area contributed by atoms with E-state index in [1.807, 2.05) is 31.3 Å². The summed E-state index contributed by atoms with van der Waals surface area (Å²) in [5.74, 6) is 0. The molecule has 6 heteroatoms. The van der Waals surface area contributed by atoms with E-state index < -0.39 is 0 Å². The predicted molar refractivity (Wildman–Crippen MR) is 106 cm³/mol. The van der Waals surface area contributed by atoms with E-state index in [2.05, 4.69) is 40.1 Å². The third-order valence-electron chi connectivity index (χ3n) is 5.71. The molecular formula is C22H23IN3O2-. The molecule has 5 nitrogen and oxygen atoms in total. The van der Waals surface area contributed by atoms with Crippen LogP contribution in [0, 0.1) is 6.92 Å². The van der Waals surface area contributed by atoms with Crippen LogP contribution >= 0.6 is 0 Å². The average Bonchev–Trinajstić information content (AvgIpc) is 2.68. The zero-order chi connectivity index (χ0) is 19.4. The molecule has 1 N–H and O–H groups in total. The number of halogens is 1. The Balaban J connectivity index is 1.45. The van der Waals surface area contributed by atoms with E-state index in [4.69, 9.17) is 4.74 Å². The topological polar surface area (TPSA) is 46.5 Å². The minimum absolute atomic E-state index is 0.0236. The Morgan fingerprint density at radius 1 is 1.36 bits per heavy atom. The normalized spacial score (nSPS) is 25.1. The zero-order valence-electron chi connectivity index (χ0n) is 15.8. The summed E-state index contributed by atoms with van der Waals surface area (Å²) in [6.45, 7) is 11.7. The van der Waals surface area contributed by atoms with Crippen LogP contribution < -0.4 is 32.0 Å². The van der Waals surface area contributed by atoms with Crippen LogP contribution in [0.15, 0.2) is 54.5 Å². The van der Waals surface area contributed by atoms with Gasteiger partial charge >= 0.3 is 157 Å². The van der Waals surface area contributed by atoms with Gasteiger partial charge in [0.15, 0.2) is 0 Å². The molecule has 0 saturated carbocycles. The number of rotatable bonds is 4. The molecule has 4 aliphatic rings. The molecule has 6 rings (SSSR count). The van der Waals surface area contributed by atoms with Gasteiger partial charge in [0.2, 0.25) is 0 Å². The summed E-state index contributed by atoms with van der Waals surface area (Å²) in [5, 5.41) is 3.30. The first-order valence-electron chi connectivity index (χ1n) is 9.49. The van der Waals surface area contributed by atoms with Crippen LogP contribution in [0.1, 0.15) is 28.8 Å². The van der Waals surface area contributed by atoms with Crippen LogP contribution in [-0.2, 0) is 17.8 Å². The van der Waals surface area contributed by atoms with Gasteiger partial charge in [-0.05, 0) is 0 Å². The number of aromatic nitrogens is 1. The van der Waals surface area contributed by atoms with Gasteiger partial charge in [0.05, 0.1) is 0 Å². The van der Waals surface area contributed by atoms with Crippen LogP contribution in [-0.4, -0.2) is 23.9 Å². The Labute approximate surface area is 175 Å². The number of benzene rings is 1. The molecule has 3 atom stereocenters. The van der Waals surface area contributed by atoms with Gasteiger partial charge in [-0.15, -0.1) is 0 Å². The molecule has 5 heterocycles. The molecule has 2 bridgehead atoms. The summed E-state index contributed by atoms with van der Waals surface area (Å²) in [6.07, 6.45) is 3.08. The summed E-state index contributed by atoms with van der Waals surface area (Å²) in [4.78, 5) is 15.4. The predicted octanol–water partition coefficient (Wildman–Crippen LogP) is -0.295. The van der Waals surface area contributed by atoms with Gasteiger partial charge in [0, 0.05) is 0 Å². The first-order valence-corrected chi connectivity index (χ1v) is 12.0. The molecular weight excluding hydrogens is 465 g/mol. The number of ether oxygens (including phenoxy) is 1. The summed E-state index contributed by atoms with van der Waals surface area (Å²) < 4.78 is 9.47. The fraction of sp³-hybridized carbons (Fsp3) is 0.318. The van der Waals surface area contributed by atoms with Gasteiger partial charge in [-0.2, -0.15) is 0 Å². The van der Waals surface area contributed by atoms with Gasteiger partial charge < -0.3 is 0 Å². The van der Waals surface area contributed by atoms with Crippen molar-refractivity contribution in [2.75, 3.05) is 0 Å². The summed E-state index contributed by atoms with van der Waals surface area (Å²) in [6, 6.07) is 10.1. The van der Waals surface area contributed by atoms with Gasteiger partial charge in [-0.25, -0.2) is 0 Å². The number of nitrogens with one attached hydrogen (secondary N) is 1. The second kappa shape index (κ2) is 6.77. The SMILES string of the molecule is C=C(NCc1ccccc1)c1cn2c(c(C)c1=O)C(=C)N1C(C2)OC2CC1[I-]2. The molecule has 0 radical (unpaired) electrons. The number of pyridine rings is 1. The van der Waals surface area contributed by atoms with Crippen molar-refractivity contribution in [2.45, 2.75) is 40.8 Å². The fourth-order valence-corrected chi connectivity index (χ4v) is 7.25. The molecule has 3 fully saturated rings. The number of hydrogen-bond donors (Lipinski definition) is 1. The molecule has 28 heavy (non-hydrogen) atoms. The molecule has 0 amide bonds. The molecule has 3 unspecified atom stereocenters. The van der Waals surface area contributed by atoms with E-state index in [-0.39, 0.29) is 32.9 Å². The molecule has 1 aromatic carbocycles. The first-order chi connectivity index (χ1) is 13.5. The van der Waals surface area contributed by atoms with Crippen molar-refractivity contribution >= 4 is 11.4 Å². The Bertz CT molecular complexity index is 1020. The second-order valence-corrected chi connectivity index (χ2v) is 11.0. The molecule has 146 valence electrons. The maximum atomic E-state index is 13.1. The minimum atomic E-state index is 0.0236. The number of nitrogens with zero attached hydrogens (tertiary/aromatic N) is 2. The van der Waals surface area contributed by atoms with Crippen molar-refractivity contribution in [2.24, 2.45) is 0 Å². The van der Waals surface area contributed by atoms with E-state index in [0.717, 1.165) is 35.5 Å². The van der Waals surface area contributed by atoms with E-state index in [1.165, 1.54) is 0 Å². The van der Waals surface area contributed by atoms with E-state index >= 15 is 0 Å². The maximum absolute atomic E-state index is 13.1. The van der Waals surface area contributed by atoms with E-state index in [9.17, 15) is 4.79 Å². The van der Waals surface area contributed by atoms with Crippen molar-refractivity contribution in [3.8, 4) is 0 Å². The number of hydrogen-bond acceptors (Lipinski definition) is 4. The summed E-state index contributed by atoms with van der Waals surface area (Å²) in [5.41, 5.74) is 5.06. The van der Waals surface area contributed by atoms with Crippen LogP contribution in [0.25, 0.3) is 11.4 Å². The monoisotopic (exact) mass is 488 g/mol. The fourth-order valence-electron chi connectivity index (χ4n) is 4.19. The molecule has 1 aromatic heterocycles. The van der Waals surface area contributed by atoms with Crippen molar-refractivity contribution in [1.82, 2.24) is 14.8 Å².